The highest BCUT2D eigenvalue weighted by Gasteiger charge is 2.42. The lowest BCUT2D eigenvalue weighted by atomic mass is 10.4. The Hall–Kier alpha value is -1.37. The van der Waals surface area contributed by atoms with E-state index in [0.717, 1.165) is 0 Å². The second-order valence-electron chi connectivity index (χ2n) is 5.12. The van der Waals surface area contributed by atoms with Gasteiger partial charge in [0.25, 0.3) is 0 Å². The van der Waals surface area contributed by atoms with E-state index in [1.807, 2.05) is 19.6 Å². The van der Waals surface area contributed by atoms with E-state index in [1.165, 1.54) is 4.90 Å². The molecule has 6 nitrogen and oxygen atoms in total. The molecule has 96 valence electrons. The smallest absolute Gasteiger partial charge is 0.450 e. The number of hydrogen-bond donors (Lipinski definition) is 1. The molecule has 0 aromatic carbocycles. The number of ether oxygens (including phenoxy) is 1. The molecule has 17 heavy (non-hydrogen) atoms. The molecule has 0 saturated carbocycles. The van der Waals surface area contributed by atoms with Gasteiger partial charge in [-0.05, 0) is 0 Å². The Morgan fingerprint density at radius 3 is 2.18 bits per heavy atom. The Morgan fingerprint density at radius 1 is 1.35 bits per heavy atom. The van der Waals surface area contributed by atoms with Crippen molar-refractivity contribution in [2.45, 2.75) is 38.1 Å². The lowest BCUT2D eigenvalue weighted by molar-refractivity contribution is -0.140. The normalized spacial score (nSPS) is 18.4. The minimum absolute atomic E-state index is 0.122. The third kappa shape index (κ3) is 3.29. The second kappa shape index (κ2) is 4.87. The Morgan fingerprint density at radius 2 is 1.82 bits per heavy atom. The quantitative estimate of drug-likeness (QED) is 0.464. The summed E-state index contributed by atoms with van der Waals surface area (Å²) >= 11 is 0. The zero-order valence-corrected chi connectivity index (χ0v) is 11.2. The zero-order valence-electron chi connectivity index (χ0n) is 10.2. The maximum atomic E-state index is 11.6. The van der Waals surface area contributed by atoms with Gasteiger partial charge < -0.3 is 9.84 Å². The lowest BCUT2D eigenvalue weighted by Gasteiger charge is -2.34. The molecule has 0 aromatic rings. The van der Waals surface area contributed by atoms with Gasteiger partial charge in [-0.15, -0.1) is 0 Å². The number of nitrogens with zero attached hydrogens (tertiary/aromatic N) is 1. The van der Waals surface area contributed by atoms with Gasteiger partial charge in [-0.25, -0.2) is 4.79 Å². The van der Waals surface area contributed by atoms with Crippen LogP contribution in [0.15, 0.2) is 0 Å². The molecule has 1 aliphatic rings. The number of rotatable bonds is 4. The molecule has 1 unspecified atom stereocenters. The first-order valence-electron chi connectivity index (χ1n) is 5.44. The van der Waals surface area contributed by atoms with E-state index in [0.29, 0.717) is 0 Å². The fourth-order valence-corrected chi connectivity index (χ4v) is 3.45. The molecule has 1 N–H and O–H groups in total. The monoisotopic (exact) mass is 259 g/mol. The predicted molar refractivity (Wildman–Crippen MR) is 62.2 cm³/mol. The van der Waals surface area contributed by atoms with E-state index in [-0.39, 0.29) is 31.3 Å². The average molecular weight is 259 g/mol. The summed E-state index contributed by atoms with van der Waals surface area (Å²) in [5, 5.41) is 8.51. The van der Waals surface area contributed by atoms with Gasteiger partial charge in [0.2, 0.25) is 11.8 Å². The molecule has 1 saturated heterocycles. The van der Waals surface area contributed by atoms with Crippen LogP contribution >= 0.6 is 0 Å². The molecule has 0 aliphatic carbocycles. The molecule has 2 amide bonds. The Kier molecular flexibility index (Phi) is 3.92. The molecule has 0 spiro atoms. The summed E-state index contributed by atoms with van der Waals surface area (Å²) in [6, 6.07) is 0. The number of hydrogen-bond acceptors (Lipinski definition) is 4. The van der Waals surface area contributed by atoms with Crippen LogP contribution in [0.25, 0.3) is 0 Å². The summed E-state index contributed by atoms with van der Waals surface area (Å²) in [5.74, 6) is -0.451. The van der Waals surface area contributed by atoms with Gasteiger partial charge in [-0.2, -0.15) is 0 Å². The molecular weight excluding hydrogens is 242 g/mol. The number of imide groups is 1. The van der Waals surface area contributed by atoms with Crippen LogP contribution in [0.1, 0.15) is 12.8 Å². The minimum atomic E-state index is -1.91. The van der Waals surface area contributed by atoms with E-state index < -0.39 is 19.9 Å². The molecule has 0 aromatic heterocycles. The summed E-state index contributed by atoms with van der Waals surface area (Å²) < 4.78 is 4.54. The van der Waals surface area contributed by atoms with Crippen LogP contribution < -0.4 is 0 Å². The van der Waals surface area contributed by atoms with Gasteiger partial charge in [0.1, 0.15) is 6.61 Å². The number of carbonyl (C=O) groups excluding carboxylic acids is 2. The van der Waals surface area contributed by atoms with Gasteiger partial charge in [-0.3, -0.25) is 14.5 Å². The summed E-state index contributed by atoms with van der Waals surface area (Å²) in [5.41, 5.74) is -0.416. The second-order valence-corrected chi connectivity index (χ2v) is 10.5. The Bertz CT molecular complexity index is 333. The fourth-order valence-electron chi connectivity index (χ4n) is 1.80. The highest BCUT2D eigenvalue weighted by Crippen LogP contribution is 2.22. The molecule has 1 aliphatic heterocycles. The van der Waals surface area contributed by atoms with Crippen molar-refractivity contribution in [3.05, 3.63) is 0 Å². The van der Waals surface area contributed by atoms with E-state index in [9.17, 15) is 14.4 Å². The Balaban J connectivity index is 2.86. The van der Waals surface area contributed by atoms with E-state index in [1.54, 1.807) is 0 Å². The van der Waals surface area contributed by atoms with Crippen LogP contribution in [0, 0.1) is 0 Å². The average Bonchev–Trinajstić information content (AvgIpc) is 2.46. The van der Waals surface area contributed by atoms with Crippen molar-refractivity contribution in [3.63, 3.8) is 0 Å². The van der Waals surface area contributed by atoms with Gasteiger partial charge in [0.15, 0.2) is 0 Å². The standard InChI is InChI=1S/C10H17NO5Si/c1-17(2,3)9(6-16-10(14)15)11-7(12)4-5-8(11)13/h9H,4-6H2,1-3H3,(H,14,15). The summed E-state index contributed by atoms with van der Waals surface area (Å²) in [4.78, 5) is 34.9. The number of carbonyl (C=O) groups is 3. The highest BCUT2D eigenvalue weighted by atomic mass is 28.3. The molecule has 1 heterocycles. The lowest BCUT2D eigenvalue weighted by Crippen LogP contribution is -2.55. The first kappa shape index (κ1) is 13.7. The maximum absolute atomic E-state index is 11.6. The number of carboxylic acid groups (broad SMARTS) is 1. The van der Waals surface area contributed by atoms with Crippen molar-refractivity contribution in [1.82, 2.24) is 4.90 Å². The summed E-state index contributed by atoms with van der Waals surface area (Å²) in [6.45, 7) is 5.80. The molecule has 1 atom stereocenters. The van der Waals surface area contributed by atoms with Gasteiger partial charge in [0, 0.05) is 12.8 Å². The van der Waals surface area contributed by atoms with Gasteiger partial charge in [-0.1, -0.05) is 19.6 Å². The third-order valence-corrected chi connectivity index (χ3v) is 5.19. The minimum Gasteiger partial charge on any atom is -0.450 e. The summed E-state index contributed by atoms with van der Waals surface area (Å²) in [7, 11) is -1.91. The molecule has 0 radical (unpaired) electrons. The first-order chi connectivity index (χ1) is 7.73. The Labute approximate surface area is 101 Å². The maximum Gasteiger partial charge on any atom is 0.505 e. The van der Waals surface area contributed by atoms with Crippen LogP contribution in [-0.4, -0.2) is 48.3 Å². The van der Waals surface area contributed by atoms with E-state index in [2.05, 4.69) is 4.74 Å². The molecule has 0 bridgehead atoms. The van der Waals surface area contributed by atoms with Crippen molar-refractivity contribution < 1.29 is 24.2 Å². The fraction of sp³-hybridized carbons (Fsp3) is 0.700. The van der Waals surface area contributed by atoms with Crippen LogP contribution in [0.4, 0.5) is 4.79 Å². The van der Waals surface area contributed by atoms with Gasteiger partial charge >= 0.3 is 6.16 Å². The number of likely N-dealkylation sites (tertiary alicyclic amines) is 1. The predicted octanol–water partition coefficient (Wildman–Crippen LogP) is 1.08. The van der Waals surface area contributed by atoms with Crippen molar-refractivity contribution in [2.24, 2.45) is 0 Å². The molecular formula is C10H17NO5Si. The van der Waals surface area contributed by atoms with Crippen molar-refractivity contribution in [3.8, 4) is 0 Å². The van der Waals surface area contributed by atoms with Crippen LogP contribution in [0.2, 0.25) is 19.6 Å². The molecule has 1 fully saturated rings. The van der Waals surface area contributed by atoms with Gasteiger partial charge in [0.05, 0.1) is 13.7 Å². The molecule has 1 rings (SSSR count). The SMILES string of the molecule is C[Si](C)(C)C(COC(=O)O)N1C(=O)CCC1=O. The molecule has 7 heteroatoms. The topological polar surface area (TPSA) is 83.9 Å². The van der Waals surface area contributed by atoms with Crippen molar-refractivity contribution >= 4 is 26.0 Å². The number of amides is 2. The summed E-state index contributed by atoms with van der Waals surface area (Å²) in [6.07, 6.45) is -0.952. The van der Waals surface area contributed by atoms with Crippen molar-refractivity contribution in [2.75, 3.05) is 6.61 Å². The van der Waals surface area contributed by atoms with E-state index in [4.69, 9.17) is 5.11 Å². The van der Waals surface area contributed by atoms with Crippen LogP contribution in [0.5, 0.6) is 0 Å². The third-order valence-electron chi connectivity index (χ3n) is 2.77. The largest absolute Gasteiger partial charge is 0.505 e. The van der Waals surface area contributed by atoms with E-state index >= 15 is 0 Å². The zero-order chi connectivity index (χ0) is 13.2. The first-order valence-corrected chi connectivity index (χ1v) is 9.02. The van der Waals surface area contributed by atoms with Crippen LogP contribution in [-0.2, 0) is 14.3 Å². The van der Waals surface area contributed by atoms with Crippen molar-refractivity contribution in [1.29, 1.82) is 0 Å². The van der Waals surface area contributed by atoms with Crippen LogP contribution in [0.3, 0.4) is 0 Å². The highest BCUT2D eigenvalue weighted by molar-refractivity contribution is 6.78.